The minimum absolute atomic E-state index is 0.294. The second kappa shape index (κ2) is 6.90. The van der Waals surface area contributed by atoms with E-state index in [1.54, 1.807) is 18.2 Å². The van der Waals surface area contributed by atoms with Gasteiger partial charge in [-0.25, -0.2) is 0 Å². The number of aryl methyl sites for hydroxylation is 1. The van der Waals surface area contributed by atoms with Gasteiger partial charge < -0.3 is 14.8 Å². The first-order valence-corrected chi connectivity index (χ1v) is 7.21. The van der Waals surface area contributed by atoms with Gasteiger partial charge in [-0.15, -0.1) is 0 Å². The lowest BCUT2D eigenvalue weighted by atomic mass is 10.1. The van der Waals surface area contributed by atoms with E-state index in [2.05, 4.69) is 5.32 Å². The first-order valence-electron chi connectivity index (χ1n) is 6.45. The fraction of sp³-hybridized carbons (Fsp3) is 0.188. The quantitative estimate of drug-likeness (QED) is 0.887. The number of anilines is 1. The number of rotatable bonds is 4. The van der Waals surface area contributed by atoms with Gasteiger partial charge in [0.05, 0.1) is 30.0 Å². The third kappa shape index (κ3) is 3.46. The van der Waals surface area contributed by atoms with Crippen LogP contribution in [-0.4, -0.2) is 20.1 Å². The monoisotopic (exact) mass is 339 g/mol. The van der Waals surface area contributed by atoms with Crippen LogP contribution in [0.4, 0.5) is 5.69 Å². The zero-order chi connectivity index (χ0) is 16.3. The zero-order valence-corrected chi connectivity index (χ0v) is 13.9. The summed E-state index contributed by atoms with van der Waals surface area (Å²) in [6, 6.07) is 8.46. The number of carbonyl (C=O) groups is 1. The van der Waals surface area contributed by atoms with Crippen molar-refractivity contribution in [3.63, 3.8) is 0 Å². The highest BCUT2D eigenvalue weighted by molar-refractivity contribution is 6.34. The van der Waals surface area contributed by atoms with Gasteiger partial charge in [-0.2, -0.15) is 0 Å². The van der Waals surface area contributed by atoms with Gasteiger partial charge in [-0.05, 0) is 36.8 Å². The number of methoxy groups -OCH3 is 2. The first kappa shape index (κ1) is 16.5. The summed E-state index contributed by atoms with van der Waals surface area (Å²) in [5.41, 5.74) is 1.89. The third-order valence-electron chi connectivity index (χ3n) is 3.07. The summed E-state index contributed by atoms with van der Waals surface area (Å²) in [5, 5.41) is 3.51. The van der Waals surface area contributed by atoms with Crippen LogP contribution in [0.25, 0.3) is 0 Å². The van der Waals surface area contributed by atoms with Crippen LogP contribution in [-0.2, 0) is 0 Å². The lowest BCUT2D eigenvalue weighted by molar-refractivity contribution is 0.102. The molecule has 0 aliphatic carbocycles. The highest BCUT2D eigenvalue weighted by Crippen LogP contribution is 2.36. The Hall–Kier alpha value is -1.91. The van der Waals surface area contributed by atoms with Crippen molar-refractivity contribution >= 4 is 34.8 Å². The molecule has 1 N–H and O–H groups in total. The SMILES string of the molecule is COc1cc(C(=O)Nc2ccc(C)cc2Cl)cc(Cl)c1OC. The van der Waals surface area contributed by atoms with Crippen LogP contribution in [0.15, 0.2) is 30.3 Å². The summed E-state index contributed by atoms with van der Waals surface area (Å²) in [5.74, 6) is 0.429. The van der Waals surface area contributed by atoms with Crippen LogP contribution >= 0.6 is 23.2 Å². The molecular formula is C16H15Cl2NO3. The molecule has 0 fully saturated rings. The average Bonchev–Trinajstić information content (AvgIpc) is 2.49. The van der Waals surface area contributed by atoms with Gasteiger partial charge in [0.2, 0.25) is 0 Å². The Morgan fingerprint density at radius 1 is 1.05 bits per heavy atom. The van der Waals surface area contributed by atoms with Crippen molar-refractivity contribution in [2.24, 2.45) is 0 Å². The number of benzene rings is 2. The van der Waals surface area contributed by atoms with E-state index in [0.29, 0.717) is 32.8 Å². The number of hydrogen-bond acceptors (Lipinski definition) is 3. The lowest BCUT2D eigenvalue weighted by Gasteiger charge is -2.12. The summed E-state index contributed by atoms with van der Waals surface area (Å²) in [4.78, 5) is 12.3. The number of amides is 1. The second-order valence-corrected chi connectivity index (χ2v) is 5.45. The summed E-state index contributed by atoms with van der Waals surface area (Å²) in [6.45, 7) is 1.92. The van der Waals surface area contributed by atoms with Gasteiger partial charge in [0.1, 0.15) is 0 Å². The predicted octanol–water partition coefficient (Wildman–Crippen LogP) is 4.57. The van der Waals surface area contributed by atoms with E-state index in [4.69, 9.17) is 32.7 Å². The van der Waals surface area contributed by atoms with E-state index in [0.717, 1.165) is 5.56 Å². The molecule has 0 bridgehead atoms. The fourth-order valence-corrected chi connectivity index (χ4v) is 2.54. The van der Waals surface area contributed by atoms with Crippen LogP contribution in [0, 0.1) is 6.92 Å². The van der Waals surface area contributed by atoms with Crippen LogP contribution in [0.3, 0.4) is 0 Å². The van der Waals surface area contributed by atoms with Crippen LogP contribution in [0.1, 0.15) is 15.9 Å². The number of carbonyl (C=O) groups excluding carboxylic acids is 1. The van der Waals surface area contributed by atoms with Crippen molar-refractivity contribution in [2.45, 2.75) is 6.92 Å². The summed E-state index contributed by atoms with van der Waals surface area (Å²) in [7, 11) is 2.96. The smallest absolute Gasteiger partial charge is 0.255 e. The maximum Gasteiger partial charge on any atom is 0.255 e. The van der Waals surface area contributed by atoms with Gasteiger partial charge in [0, 0.05) is 5.56 Å². The molecule has 0 aromatic heterocycles. The molecule has 0 radical (unpaired) electrons. The maximum atomic E-state index is 12.3. The minimum atomic E-state index is -0.339. The van der Waals surface area contributed by atoms with E-state index in [1.165, 1.54) is 20.3 Å². The van der Waals surface area contributed by atoms with Gasteiger partial charge in [-0.1, -0.05) is 29.3 Å². The highest BCUT2D eigenvalue weighted by atomic mass is 35.5. The van der Waals surface area contributed by atoms with Gasteiger partial charge >= 0.3 is 0 Å². The number of halogens is 2. The van der Waals surface area contributed by atoms with Crippen molar-refractivity contribution < 1.29 is 14.3 Å². The van der Waals surface area contributed by atoms with Crippen LogP contribution < -0.4 is 14.8 Å². The number of ether oxygens (including phenoxy) is 2. The minimum Gasteiger partial charge on any atom is -0.493 e. The summed E-state index contributed by atoms with van der Waals surface area (Å²) < 4.78 is 10.3. The topological polar surface area (TPSA) is 47.6 Å². The Balaban J connectivity index is 2.31. The van der Waals surface area contributed by atoms with Gasteiger partial charge in [0.25, 0.3) is 5.91 Å². The molecule has 0 saturated heterocycles. The second-order valence-electron chi connectivity index (χ2n) is 4.63. The van der Waals surface area contributed by atoms with E-state index < -0.39 is 0 Å². The summed E-state index contributed by atoms with van der Waals surface area (Å²) in [6.07, 6.45) is 0. The van der Waals surface area contributed by atoms with Gasteiger partial charge in [0.15, 0.2) is 11.5 Å². The molecule has 2 aromatic carbocycles. The normalized spacial score (nSPS) is 10.2. The van der Waals surface area contributed by atoms with Crippen molar-refractivity contribution in [3.8, 4) is 11.5 Å². The largest absolute Gasteiger partial charge is 0.493 e. The zero-order valence-electron chi connectivity index (χ0n) is 12.4. The lowest BCUT2D eigenvalue weighted by Crippen LogP contribution is -2.12. The molecule has 1 amide bonds. The standard InChI is InChI=1S/C16H15Cl2NO3/c1-9-4-5-13(11(17)6-9)19-16(20)10-7-12(18)15(22-3)14(8-10)21-2/h4-8H,1-3H3,(H,19,20). The number of hydrogen-bond donors (Lipinski definition) is 1. The molecule has 0 spiro atoms. The van der Waals surface area contributed by atoms with Crippen LogP contribution in [0.5, 0.6) is 11.5 Å². The summed E-state index contributed by atoms with van der Waals surface area (Å²) >= 11 is 12.2. The first-order chi connectivity index (χ1) is 10.5. The Labute approximate surface area is 138 Å². The van der Waals surface area contributed by atoms with Crippen molar-refractivity contribution in [2.75, 3.05) is 19.5 Å². The molecular weight excluding hydrogens is 325 g/mol. The third-order valence-corrected chi connectivity index (χ3v) is 3.66. The van der Waals surface area contributed by atoms with Crippen molar-refractivity contribution in [3.05, 3.63) is 51.5 Å². The number of nitrogens with one attached hydrogen (secondary N) is 1. The molecule has 0 unspecified atom stereocenters. The molecule has 116 valence electrons. The molecule has 2 aromatic rings. The van der Waals surface area contributed by atoms with E-state index in [-0.39, 0.29) is 5.91 Å². The Morgan fingerprint density at radius 2 is 1.77 bits per heavy atom. The van der Waals surface area contributed by atoms with E-state index in [1.807, 2.05) is 13.0 Å². The molecule has 0 heterocycles. The molecule has 6 heteroatoms. The predicted molar refractivity (Wildman–Crippen MR) is 88.7 cm³/mol. The Bertz CT molecular complexity index is 717. The fourth-order valence-electron chi connectivity index (χ4n) is 1.97. The molecule has 4 nitrogen and oxygen atoms in total. The molecule has 0 atom stereocenters. The molecule has 22 heavy (non-hydrogen) atoms. The van der Waals surface area contributed by atoms with Crippen LogP contribution in [0.2, 0.25) is 10.0 Å². The van der Waals surface area contributed by atoms with Crippen molar-refractivity contribution in [1.29, 1.82) is 0 Å². The molecule has 2 rings (SSSR count). The van der Waals surface area contributed by atoms with E-state index >= 15 is 0 Å². The van der Waals surface area contributed by atoms with E-state index in [9.17, 15) is 4.79 Å². The van der Waals surface area contributed by atoms with Gasteiger partial charge in [-0.3, -0.25) is 4.79 Å². The maximum absolute atomic E-state index is 12.3. The Kier molecular flexibility index (Phi) is 5.16. The molecule has 0 saturated carbocycles. The highest BCUT2D eigenvalue weighted by Gasteiger charge is 2.16. The molecule has 0 aliphatic rings. The Morgan fingerprint density at radius 3 is 2.36 bits per heavy atom. The molecule has 0 aliphatic heterocycles. The average molecular weight is 340 g/mol. The van der Waals surface area contributed by atoms with Crippen molar-refractivity contribution in [1.82, 2.24) is 0 Å².